The summed E-state index contributed by atoms with van der Waals surface area (Å²) < 4.78 is 0. The van der Waals surface area contributed by atoms with Crippen molar-refractivity contribution < 1.29 is 10.2 Å². The number of rotatable bonds is 6. The summed E-state index contributed by atoms with van der Waals surface area (Å²) in [5.74, 6) is -0.0878. The van der Waals surface area contributed by atoms with E-state index < -0.39 is 0 Å². The first-order chi connectivity index (χ1) is 7.61. The van der Waals surface area contributed by atoms with Gasteiger partial charge in [0.05, 0.1) is 0 Å². The largest absolute Gasteiger partial charge is 0.504 e. The summed E-state index contributed by atoms with van der Waals surface area (Å²) in [7, 11) is 4.09. The van der Waals surface area contributed by atoms with E-state index in [-0.39, 0.29) is 11.5 Å². The Bertz CT molecular complexity index is 327. The molecule has 0 aliphatic heterocycles. The highest BCUT2D eigenvalue weighted by molar-refractivity contribution is 5.44. The van der Waals surface area contributed by atoms with Gasteiger partial charge in [-0.3, -0.25) is 0 Å². The molecule has 1 rings (SSSR count). The third kappa shape index (κ3) is 4.08. The van der Waals surface area contributed by atoms with Crippen LogP contribution in [-0.2, 0) is 6.54 Å². The van der Waals surface area contributed by atoms with Crippen LogP contribution in [0.4, 0.5) is 0 Å². The van der Waals surface area contributed by atoms with Crippen molar-refractivity contribution in [3.63, 3.8) is 0 Å². The van der Waals surface area contributed by atoms with Gasteiger partial charge in [0.1, 0.15) is 0 Å². The minimum absolute atomic E-state index is 0.0254. The quantitative estimate of drug-likeness (QED) is 0.501. The van der Waals surface area contributed by atoms with Crippen LogP contribution >= 0.6 is 0 Å². The van der Waals surface area contributed by atoms with Gasteiger partial charge in [0.25, 0.3) is 0 Å². The van der Waals surface area contributed by atoms with Gasteiger partial charge in [-0.05, 0) is 39.7 Å². The van der Waals surface area contributed by atoms with Gasteiger partial charge in [-0.1, -0.05) is 12.1 Å². The van der Waals surface area contributed by atoms with Crippen LogP contribution in [0.1, 0.15) is 12.0 Å². The molecule has 4 heteroatoms. The lowest BCUT2D eigenvalue weighted by atomic mass is 10.2. The number of nitrogens with one attached hydrogen (secondary N) is 1. The van der Waals surface area contributed by atoms with Gasteiger partial charge in [-0.15, -0.1) is 0 Å². The van der Waals surface area contributed by atoms with Crippen molar-refractivity contribution in [2.75, 3.05) is 27.2 Å². The molecule has 3 N–H and O–H groups in total. The van der Waals surface area contributed by atoms with E-state index in [4.69, 9.17) is 0 Å². The first kappa shape index (κ1) is 12.8. The topological polar surface area (TPSA) is 55.7 Å². The molecular formula is C12H20N2O2. The Kier molecular flexibility index (Phi) is 5.08. The smallest absolute Gasteiger partial charge is 0.161 e. The van der Waals surface area contributed by atoms with E-state index in [0.717, 1.165) is 25.1 Å². The lowest BCUT2D eigenvalue weighted by molar-refractivity contribution is 0.389. The Morgan fingerprint density at radius 3 is 2.69 bits per heavy atom. The fraction of sp³-hybridized carbons (Fsp3) is 0.500. The molecule has 0 unspecified atom stereocenters. The van der Waals surface area contributed by atoms with Crippen LogP contribution in [0.25, 0.3) is 0 Å². The second kappa shape index (κ2) is 6.35. The maximum absolute atomic E-state index is 9.54. The maximum atomic E-state index is 9.54. The molecule has 0 aliphatic carbocycles. The summed E-state index contributed by atoms with van der Waals surface area (Å²) in [5.41, 5.74) is 0.727. The fourth-order valence-electron chi connectivity index (χ4n) is 1.46. The average Bonchev–Trinajstić information content (AvgIpc) is 2.23. The monoisotopic (exact) mass is 224 g/mol. The molecule has 0 amide bonds. The van der Waals surface area contributed by atoms with E-state index in [1.807, 2.05) is 14.1 Å². The first-order valence-electron chi connectivity index (χ1n) is 5.46. The van der Waals surface area contributed by atoms with Gasteiger partial charge >= 0.3 is 0 Å². The van der Waals surface area contributed by atoms with E-state index in [1.165, 1.54) is 6.07 Å². The Morgan fingerprint density at radius 1 is 1.25 bits per heavy atom. The van der Waals surface area contributed by atoms with Gasteiger partial charge < -0.3 is 20.4 Å². The van der Waals surface area contributed by atoms with Crippen molar-refractivity contribution in [3.8, 4) is 11.5 Å². The fourth-order valence-corrected chi connectivity index (χ4v) is 1.46. The highest BCUT2D eigenvalue weighted by atomic mass is 16.3. The lowest BCUT2D eigenvalue weighted by Gasteiger charge is -2.10. The molecule has 90 valence electrons. The van der Waals surface area contributed by atoms with Crippen LogP contribution in [0.5, 0.6) is 11.5 Å². The standard InChI is InChI=1S/C12H20N2O2/c1-14(2)8-4-7-13-9-10-5-3-6-11(15)12(10)16/h3,5-6,13,15-16H,4,7-9H2,1-2H3. The summed E-state index contributed by atoms with van der Waals surface area (Å²) in [6.45, 7) is 2.51. The number of phenols is 2. The third-order valence-corrected chi connectivity index (χ3v) is 2.37. The van der Waals surface area contributed by atoms with Crippen LogP contribution in [0, 0.1) is 0 Å². The molecular weight excluding hydrogens is 204 g/mol. The SMILES string of the molecule is CN(C)CCCNCc1cccc(O)c1O. The molecule has 16 heavy (non-hydrogen) atoms. The summed E-state index contributed by atoms with van der Waals surface area (Å²) in [6.07, 6.45) is 1.06. The molecule has 1 aromatic rings. The first-order valence-corrected chi connectivity index (χ1v) is 5.46. The van der Waals surface area contributed by atoms with Crippen molar-refractivity contribution in [1.29, 1.82) is 0 Å². The van der Waals surface area contributed by atoms with Crippen molar-refractivity contribution in [1.82, 2.24) is 10.2 Å². The van der Waals surface area contributed by atoms with Gasteiger partial charge in [0.15, 0.2) is 11.5 Å². The second-order valence-electron chi connectivity index (χ2n) is 4.12. The van der Waals surface area contributed by atoms with Gasteiger partial charge in [-0.25, -0.2) is 0 Å². The predicted molar refractivity (Wildman–Crippen MR) is 64.6 cm³/mol. The Hall–Kier alpha value is -1.26. The molecule has 4 nitrogen and oxygen atoms in total. The van der Waals surface area contributed by atoms with Crippen LogP contribution in [-0.4, -0.2) is 42.3 Å². The van der Waals surface area contributed by atoms with E-state index in [9.17, 15) is 10.2 Å². The molecule has 1 aromatic carbocycles. The molecule has 0 spiro atoms. The highest BCUT2D eigenvalue weighted by Crippen LogP contribution is 2.27. The number of para-hydroxylation sites is 1. The van der Waals surface area contributed by atoms with E-state index in [1.54, 1.807) is 12.1 Å². The van der Waals surface area contributed by atoms with Crippen LogP contribution < -0.4 is 5.32 Å². The van der Waals surface area contributed by atoms with Gasteiger partial charge in [0.2, 0.25) is 0 Å². The Morgan fingerprint density at radius 2 is 2.00 bits per heavy atom. The second-order valence-corrected chi connectivity index (χ2v) is 4.12. The predicted octanol–water partition coefficient (Wildman–Crippen LogP) is 1.14. The average molecular weight is 224 g/mol. The van der Waals surface area contributed by atoms with Gasteiger partial charge in [-0.2, -0.15) is 0 Å². The molecule has 0 atom stereocenters. The zero-order valence-corrected chi connectivity index (χ0v) is 9.90. The summed E-state index contributed by atoms with van der Waals surface area (Å²) >= 11 is 0. The van der Waals surface area contributed by atoms with Crippen molar-refractivity contribution in [3.05, 3.63) is 23.8 Å². The normalized spacial score (nSPS) is 10.9. The van der Waals surface area contributed by atoms with Crippen molar-refractivity contribution in [2.45, 2.75) is 13.0 Å². The minimum Gasteiger partial charge on any atom is -0.504 e. The van der Waals surface area contributed by atoms with E-state index in [0.29, 0.717) is 6.54 Å². The molecule has 0 aromatic heterocycles. The molecule has 0 aliphatic rings. The number of hydrogen-bond donors (Lipinski definition) is 3. The van der Waals surface area contributed by atoms with Gasteiger partial charge in [0, 0.05) is 12.1 Å². The van der Waals surface area contributed by atoms with E-state index in [2.05, 4.69) is 10.2 Å². The summed E-state index contributed by atoms with van der Waals surface area (Å²) in [6, 6.07) is 5.00. The molecule has 0 fully saturated rings. The highest BCUT2D eigenvalue weighted by Gasteiger charge is 2.04. The van der Waals surface area contributed by atoms with Crippen LogP contribution in [0.15, 0.2) is 18.2 Å². The number of aromatic hydroxyl groups is 2. The number of benzene rings is 1. The summed E-state index contributed by atoms with van der Waals surface area (Å²) in [5, 5.41) is 22.1. The number of hydrogen-bond acceptors (Lipinski definition) is 4. The zero-order chi connectivity index (χ0) is 12.0. The third-order valence-electron chi connectivity index (χ3n) is 2.37. The summed E-state index contributed by atoms with van der Waals surface area (Å²) in [4.78, 5) is 2.13. The lowest BCUT2D eigenvalue weighted by Crippen LogP contribution is -2.21. The number of phenolic OH excluding ortho intramolecular Hbond substituents is 2. The Balaban J connectivity index is 2.29. The molecule has 0 bridgehead atoms. The van der Waals surface area contributed by atoms with E-state index >= 15 is 0 Å². The van der Waals surface area contributed by atoms with Crippen LogP contribution in [0.2, 0.25) is 0 Å². The maximum Gasteiger partial charge on any atom is 0.161 e. The van der Waals surface area contributed by atoms with Crippen LogP contribution in [0.3, 0.4) is 0 Å². The van der Waals surface area contributed by atoms with Crippen molar-refractivity contribution >= 4 is 0 Å². The molecule has 0 saturated heterocycles. The minimum atomic E-state index is -0.0624. The molecule has 0 radical (unpaired) electrons. The Labute approximate surface area is 96.5 Å². The zero-order valence-electron chi connectivity index (χ0n) is 9.90. The molecule has 0 heterocycles. The number of nitrogens with zero attached hydrogens (tertiary/aromatic N) is 1. The van der Waals surface area contributed by atoms with Crippen molar-refractivity contribution in [2.24, 2.45) is 0 Å². The molecule has 0 saturated carbocycles.